The molecule has 0 amide bonds. The monoisotopic (exact) mass is 691 g/mol. The number of methoxy groups -OCH3 is 2. The van der Waals surface area contributed by atoms with Crippen LogP contribution in [0, 0.1) is 11.3 Å². The molecule has 1 aliphatic rings. The molecule has 0 unspecified atom stereocenters. The lowest BCUT2D eigenvalue weighted by Gasteiger charge is -2.26. The summed E-state index contributed by atoms with van der Waals surface area (Å²) in [4.78, 5) is 33.3. The Kier molecular flexibility index (Phi) is 9.95. The highest BCUT2D eigenvalue weighted by Crippen LogP contribution is 2.38. The van der Waals surface area contributed by atoms with Gasteiger partial charge in [0.2, 0.25) is 0 Å². The number of carbonyl (C=O) groups excluding carboxylic acids is 1. The number of ether oxygens (including phenoxy) is 4. The maximum atomic E-state index is 14.3. The lowest BCUT2D eigenvalue weighted by Crippen LogP contribution is -2.40. The number of halogens is 1. The van der Waals surface area contributed by atoms with Crippen LogP contribution in [0.15, 0.2) is 106 Å². The molecule has 0 aliphatic carbocycles. The van der Waals surface area contributed by atoms with E-state index in [1.165, 1.54) is 23.0 Å². The predicted octanol–water partition coefficient (Wildman–Crippen LogP) is 6.06. The number of benzene rings is 4. The first-order chi connectivity index (χ1) is 23.9. The van der Waals surface area contributed by atoms with Crippen LogP contribution in [0.2, 0.25) is 5.02 Å². The zero-order valence-electron chi connectivity index (χ0n) is 26.8. The van der Waals surface area contributed by atoms with Gasteiger partial charge < -0.3 is 18.9 Å². The van der Waals surface area contributed by atoms with Crippen LogP contribution >= 0.6 is 22.9 Å². The van der Waals surface area contributed by atoms with E-state index in [4.69, 9.17) is 35.5 Å². The standard InChI is InChI=1S/C38H30ClN3O6S/c1-4-47-37(44)32-33(24-10-6-5-7-11-24)41-38-42(34(32)25-14-16-28(45-2)17-15-25)36(43)31(49-38)20-23-18-29(39)35(30(19-23)46-3)48-22-27-13-9-8-12-26(27)21-40/h5-20,34H,4,22H2,1-3H3/b31-20-/t34-/m0/s1. The quantitative estimate of drug-likeness (QED) is 0.164. The molecule has 0 N–H and O–H groups in total. The Hall–Kier alpha value is -5.63. The van der Waals surface area contributed by atoms with Crippen molar-refractivity contribution in [3.63, 3.8) is 0 Å². The van der Waals surface area contributed by atoms with Gasteiger partial charge in [-0.05, 0) is 54.5 Å². The van der Waals surface area contributed by atoms with Crippen molar-refractivity contribution in [3.05, 3.63) is 149 Å². The average molecular weight is 692 g/mol. The second-order valence-electron chi connectivity index (χ2n) is 10.8. The topological polar surface area (TPSA) is 112 Å². The molecule has 11 heteroatoms. The molecule has 0 spiro atoms. The molecule has 4 aromatic carbocycles. The molecule has 1 aliphatic heterocycles. The smallest absolute Gasteiger partial charge is 0.338 e. The molecule has 1 atom stereocenters. The summed E-state index contributed by atoms with van der Waals surface area (Å²) in [7, 11) is 3.07. The highest BCUT2D eigenvalue weighted by Gasteiger charge is 2.35. The summed E-state index contributed by atoms with van der Waals surface area (Å²) in [6, 6.07) is 28.4. The van der Waals surface area contributed by atoms with E-state index in [-0.39, 0.29) is 29.4 Å². The minimum absolute atomic E-state index is 0.107. The van der Waals surface area contributed by atoms with Gasteiger partial charge in [0.1, 0.15) is 12.4 Å². The van der Waals surface area contributed by atoms with Gasteiger partial charge in [-0.1, -0.05) is 83.6 Å². The highest BCUT2D eigenvalue weighted by atomic mass is 35.5. The minimum atomic E-state index is -0.830. The van der Waals surface area contributed by atoms with E-state index in [0.717, 1.165) is 0 Å². The fraction of sp³-hybridized carbons (Fsp3) is 0.158. The number of fused-ring (bicyclic) bond motifs is 1. The summed E-state index contributed by atoms with van der Waals surface area (Å²) in [5, 5.41) is 9.71. The van der Waals surface area contributed by atoms with Gasteiger partial charge in [0, 0.05) is 11.1 Å². The molecule has 6 rings (SSSR count). The van der Waals surface area contributed by atoms with E-state index in [9.17, 15) is 14.9 Å². The van der Waals surface area contributed by atoms with Gasteiger partial charge in [-0.2, -0.15) is 5.26 Å². The third-order valence-corrected chi connectivity index (χ3v) is 9.13. The first kappa shape index (κ1) is 33.3. The Labute approximate surface area is 291 Å². The van der Waals surface area contributed by atoms with E-state index in [0.29, 0.717) is 60.1 Å². The third-order valence-electron chi connectivity index (χ3n) is 7.86. The number of carbonyl (C=O) groups is 1. The van der Waals surface area contributed by atoms with Gasteiger partial charge >= 0.3 is 5.97 Å². The zero-order chi connectivity index (χ0) is 34.5. The third kappa shape index (κ3) is 6.72. The van der Waals surface area contributed by atoms with Crippen molar-refractivity contribution in [1.82, 2.24) is 4.57 Å². The number of hydrogen-bond acceptors (Lipinski definition) is 9. The molecule has 1 aromatic heterocycles. The molecular formula is C38H30ClN3O6S. The largest absolute Gasteiger partial charge is 0.497 e. The Bertz CT molecular complexity index is 2290. The van der Waals surface area contributed by atoms with Crippen molar-refractivity contribution >= 4 is 40.7 Å². The summed E-state index contributed by atoms with van der Waals surface area (Å²) in [6.07, 6.45) is 1.70. The second-order valence-corrected chi connectivity index (χ2v) is 12.2. The Morgan fingerprint density at radius 2 is 1.76 bits per heavy atom. The molecule has 2 heterocycles. The molecule has 5 aromatic rings. The number of rotatable bonds is 10. The lowest BCUT2D eigenvalue weighted by atomic mass is 9.93. The maximum Gasteiger partial charge on any atom is 0.338 e. The van der Waals surface area contributed by atoms with Crippen LogP contribution in [0.5, 0.6) is 17.2 Å². The van der Waals surface area contributed by atoms with E-state index >= 15 is 0 Å². The molecule has 49 heavy (non-hydrogen) atoms. The molecule has 9 nitrogen and oxygen atoms in total. The Morgan fingerprint density at radius 1 is 1.02 bits per heavy atom. The fourth-order valence-corrected chi connectivity index (χ4v) is 6.84. The number of thiazole rings is 1. The Balaban J connectivity index is 1.49. The molecule has 246 valence electrons. The SMILES string of the molecule is CCOC(=O)C1=C(c2ccccc2)N=c2s/c(=C\c3cc(Cl)c(OCc4ccccc4C#N)c(OC)c3)c(=O)n2[C@H]1c1ccc(OC)cc1. The van der Waals surface area contributed by atoms with Crippen molar-refractivity contribution in [1.29, 1.82) is 5.26 Å². The van der Waals surface area contributed by atoms with Gasteiger partial charge in [-0.15, -0.1) is 0 Å². The van der Waals surface area contributed by atoms with E-state index in [1.54, 1.807) is 56.5 Å². The highest BCUT2D eigenvalue weighted by molar-refractivity contribution is 7.07. The van der Waals surface area contributed by atoms with Crippen LogP contribution in [0.25, 0.3) is 11.8 Å². The van der Waals surface area contributed by atoms with Crippen molar-refractivity contribution in [2.24, 2.45) is 4.99 Å². The van der Waals surface area contributed by atoms with Gasteiger partial charge in [0.25, 0.3) is 5.56 Å². The number of aromatic nitrogens is 1. The normalized spacial score (nSPS) is 14.0. The molecule has 0 bridgehead atoms. The van der Waals surface area contributed by atoms with E-state index in [2.05, 4.69) is 6.07 Å². The number of nitrogens with zero attached hydrogens (tertiary/aromatic N) is 3. The summed E-state index contributed by atoms with van der Waals surface area (Å²) in [6.45, 7) is 1.99. The maximum absolute atomic E-state index is 14.3. The molecule has 0 radical (unpaired) electrons. The fourth-order valence-electron chi connectivity index (χ4n) is 5.56. The number of esters is 1. The molecule has 0 saturated heterocycles. The first-order valence-electron chi connectivity index (χ1n) is 15.3. The van der Waals surface area contributed by atoms with Crippen molar-refractivity contribution in [3.8, 4) is 23.3 Å². The van der Waals surface area contributed by atoms with Crippen molar-refractivity contribution in [2.75, 3.05) is 20.8 Å². The van der Waals surface area contributed by atoms with E-state index < -0.39 is 12.0 Å². The summed E-state index contributed by atoms with van der Waals surface area (Å²) >= 11 is 7.90. The second kappa shape index (κ2) is 14.6. The van der Waals surface area contributed by atoms with Gasteiger partial charge in [0.15, 0.2) is 16.3 Å². The molecule has 0 saturated carbocycles. The minimum Gasteiger partial charge on any atom is -0.497 e. The number of hydrogen-bond donors (Lipinski definition) is 0. The summed E-state index contributed by atoms with van der Waals surface area (Å²) in [5.74, 6) is 0.730. The van der Waals surface area contributed by atoms with Crippen molar-refractivity contribution < 1.29 is 23.7 Å². The summed E-state index contributed by atoms with van der Waals surface area (Å²) in [5.41, 5.74) is 3.53. The zero-order valence-corrected chi connectivity index (χ0v) is 28.4. The average Bonchev–Trinajstić information content (AvgIpc) is 3.44. The van der Waals surface area contributed by atoms with Crippen LogP contribution in [-0.4, -0.2) is 31.4 Å². The van der Waals surface area contributed by atoms with Crippen LogP contribution in [0.1, 0.15) is 40.8 Å². The first-order valence-corrected chi connectivity index (χ1v) is 16.5. The Morgan fingerprint density at radius 3 is 2.45 bits per heavy atom. The summed E-state index contributed by atoms with van der Waals surface area (Å²) < 4.78 is 24.4. The molecular weight excluding hydrogens is 662 g/mol. The van der Waals surface area contributed by atoms with Gasteiger partial charge in [0.05, 0.1) is 59.3 Å². The van der Waals surface area contributed by atoms with Gasteiger partial charge in [-0.25, -0.2) is 9.79 Å². The lowest BCUT2D eigenvalue weighted by molar-refractivity contribution is -0.138. The molecule has 0 fully saturated rings. The van der Waals surface area contributed by atoms with Crippen LogP contribution in [-0.2, 0) is 16.1 Å². The predicted molar refractivity (Wildman–Crippen MR) is 188 cm³/mol. The number of nitriles is 1. The van der Waals surface area contributed by atoms with Crippen LogP contribution in [0.4, 0.5) is 0 Å². The van der Waals surface area contributed by atoms with Crippen LogP contribution < -0.4 is 29.1 Å². The van der Waals surface area contributed by atoms with Crippen LogP contribution in [0.3, 0.4) is 0 Å². The van der Waals surface area contributed by atoms with Gasteiger partial charge in [-0.3, -0.25) is 9.36 Å². The van der Waals surface area contributed by atoms with E-state index in [1.807, 2.05) is 54.6 Å². The van der Waals surface area contributed by atoms with Crippen molar-refractivity contribution in [2.45, 2.75) is 19.6 Å².